The Labute approximate surface area is 324 Å². The first-order valence-corrected chi connectivity index (χ1v) is 18.5. The Balaban J connectivity index is 6.23. The fraction of sp³-hybridized carbons (Fsp3) is 0.727. The number of carboxylic acid groups (broad SMARTS) is 2. The molecule has 320 valence electrons. The van der Waals surface area contributed by atoms with Crippen molar-refractivity contribution in [2.24, 2.45) is 0 Å². The molecule has 0 rings (SSSR count). The number of carbonyl (C=O) groups excluding carboxylic acids is 9. The number of nitrogens with one attached hydrogen (secondary N) is 7. The summed E-state index contributed by atoms with van der Waals surface area (Å²) in [6.45, 7) is 2.00. The van der Waals surface area contributed by atoms with E-state index in [1.165, 1.54) is 0 Å². The minimum absolute atomic E-state index is 0.0219. The van der Waals surface area contributed by atoms with Crippen LogP contribution in [0.3, 0.4) is 0 Å². The molecule has 0 aromatic carbocycles. The van der Waals surface area contributed by atoms with Crippen molar-refractivity contribution in [3.05, 3.63) is 0 Å². The molecule has 0 spiro atoms. The molecule has 0 saturated carbocycles. The van der Waals surface area contributed by atoms with Crippen molar-refractivity contribution >= 4 is 53.3 Å². The third kappa shape index (κ3) is 20.6. The lowest BCUT2D eigenvalue weighted by atomic mass is 10.0. The van der Waals surface area contributed by atoms with Crippen LogP contribution in [0.1, 0.15) is 71.6 Å². The summed E-state index contributed by atoms with van der Waals surface area (Å²) in [6.07, 6.45) is 1.11. The number of aliphatic carboxylic acids is 2. The van der Waals surface area contributed by atoms with Gasteiger partial charge in [-0.05, 0) is 58.3 Å². The van der Waals surface area contributed by atoms with E-state index in [0.717, 1.165) is 13.8 Å². The molecule has 7 amide bonds. The number of rotatable bonds is 30. The number of carbonyl (C=O) groups is 9. The van der Waals surface area contributed by atoms with Crippen molar-refractivity contribution in [3.63, 3.8) is 0 Å². The van der Waals surface area contributed by atoms with Crippen molar-refractivity contribution in [1.82, 2.24) is 37.2 Å². The first kappa shape index (κ1) is 51.0. The zero-order valence-electron chi connectivity index (χ0n) is 32.3. The molecule has 7 atom stereocenters. The second kappa shape index (κ2) is 28.4. The molecule has 17 N–H and O–H groups in total. The van der Waals surface area contributed by atoms with Crippen molar-refractivity contribution in [2.45, 2.75) is 114 Å². The highest BCUT2D eigenvalue weighted by Crippen LogP contribution is 2.07. The maximum absolute atomic E-state index is 13.6. The minimum atomic E-state index is -1.83. The first-order valence-electron chi connectivity index (χ1n) is 18.5. The van der Waals surface area contributed by atoms with E-state index in [1.54, 1.807) is 0 Å². The maximum atomic E-state index is 13.6. The lowest BCUT2D eigenvalue weighted by Gasteiger charge is -2.27. The highest BCUT2D eigenvalue weighted by Gasteiger charge is 2.33. The highest BCUT2D eigenvalue weighted by molar-refractivity contribution is 5.98. The summed E-state index contributed by atoms with van der Waals surface area (Å²) in [7, 11) is 1.81. The van der Waals surface area contributed by atoms with Crippen LogP contribution in [-0.4, -0.2) is 146 Å². The average molecular weight is 806 g/mol. The standard InChI is InChI=1S/C33H60N10O13/c1-18(33(55)56)37-27(49)22(11-8-13-35)39-30(52)23(15-26(47)48)42-28(50)21(10-5-7-14-36-3)41-32(54)25(17-45)43-29(51)20(9-4-6-12-34)40-31(53)24(16-44)38-19(2)46/h18,20-25,36,44-45H,4-17,34-35H2,1-3H3,(H,37,49)(H,38,46)(H,39,52)(H,40,53)(H,41,54)(H,42,50)(H,43,51)(H,47,48)(H,55,56)/p+1/t18-,20-,21-,22-,23-,24-,25-/m0/s1. The highest BCUT2D eigenvalue weighted by atomic mass is 16.4. The topological polar surface area (TPSA) is 396 Å². The fourth-order valence-corrected chi connectivity index (χ4v) is 5.12. The van der Waals surface area contributed by atoms with Gasteiger partial charge < -0.3 is 84.0 Å². The molecule has 0 aliphatic rings. The Bertz CT molecular complexity index is 1320. The van der Waals surface area contributed by atoms with Gasteiger partial charge in [0.2, 0.25) is 41.4 Å². The Kier molecular flexibility index (Phi) is 25.9. The van der Waals surface area contributed by atoms with Gasteiger partial charge in [-0.2, -0.15) is 0 Å². The van der Waals surface area contributed by atoms with Crippen LogP contribution < -0.4 is 64.2 Å². The summed E-state index contributed by atoms with van der Waals surface area (Å²) >= 11 is 0. The Morgan fingerprint density at radius 1 is 0.554 bits per heavy atom. The van der Waals surface area contributed by atoms with Crippen molar-refractivity contribution < 1.29 is 80.4 Å². The first-order chi connectivity index (χ1) is 26.4. The van der Waals surface area contributed by atoms with Gasteiger partial charge in [0.05, 0.1) is 51.9 Å². The molecule has 0 aromatic rings. The molecule has 0 heterocycles. The molecule has 56 heavy (non-hydrogen) atoms. The number of nitrogens with two attached hydrogens (primary N) is 1. The van der Waals surface area contributed by atoms with Gasteiger partial charge in [0.15, 0.2) is 0 Å². The fourth-order valence-electron chi connectivity index (χ4n) is 5.12. The minimum Gasteiger partial charge on any atom is -0.550 e. The largest absolute Gasteiger partial charge is 0.550 e. The van der Waals surface area contributed by atoms with Crippen LogP contribution in [0, 0.1) is 0 Å². The predicted molar refractivity (Wildman–Crippen MR) is 189 cm³/mol. The molecule has 0 bridgehead atoms. The molecule has 0 fully saturated rings. The second-order valence-corrected chi connectivity index (χ2v) is 13.1. The van der Waals surface area contributed by atoms with Crippen molar-refractivity contribution in [2.75, 3.05) is 39.9 Å². The Hall–Kier alpha value is -4.97. The number of aliphatic hydroxyl groups excluding tert-OH is 2. The normalized spacial score (nSPS) is 14.6. The second-order valence-electron chi connectivity index (χ2n) is 13.1. The Morgan fingerprint density at radius 2 is 0.929 bits per heavy atom. The molecule has 23 heteroatoms. The van der Waals surface area contributed by atoms with Crippen LogP contribution in [0.25, 0.3) is 0 Å². The van der Waals surface area contributed by atoms with E-state index < -0.39 is 115 Å². The summed E-state index contributed by atoms with van der Waals surface area (Å²) < 4.78 is 0. The molecule has 0 aromatic heterocycles. The van der Waals surface area contributed by atoms with Crippen molar-refractivity contribution in [3.8, 4) is 0 Å². The van der Waals surface area contributed by atoms with Gasteiger partial charge in [-0.3, -0.25) is 33.6 Å². The van der Waals surface area contributed by atoms with Crippen LogP contribution in [-0.2, 0) is 43.2 Å². The Morgan fingerprint density at radius 3 is 1.34 bits per heavy atom. The van der Waals surface area contributed by atoms with E-state index in [1.807, 2.05) is 12.4 Å². The SMILES string of the molecule is C[NH2+]CCCC[C@H](NC(=O)[C@H](CO)NC(=O)[C@H](CCCC[NH3+])NC(=O)[C@H](CO)NC(C)=O)C(=O)N[C@@H](CC(=O)[O-])C(=O)N[C@@H](CCC[NH3+])C(=O)N[C@@H](C)C(=O)[O-]. The molecular weight excluding hydrogens is 744 g/mol. The lowest BCUT2D eigenvalue weighted by molar-refractivity contribution is -0.627. The van der Waals surface area contributed by atoms with Gasteiger partial charge >= 0.3 is 0 Å². The van der Waals surface area contributed by atoms with Gasteiger partial charge in [0, 0.05) is 19.3 Å². The molecule has 0 unspecified atom stereocenters. The monoisotopic (exact) mass is 805 g/mol. The molecule has 23 nitrogen and oxygen atoms in total. The number of unbranched alkanes of at least 4 members (excludes halogenated alkanes) is 2. The van der Waals surface area contributed by atoms with E-state index in [4.69, 9.17) is 0 Å². The third-order valence-electron chi connectivity index (χ3n) is 8.28. The smallest absolute Gasteiger partial charge is 0.245 e. The van der Waals surface area contributed by atoms with Gasteiger partial charge in [-0.1, -0.05) is 0 Å². The lowest BCUT2D eigenvalue weighted by Crippen LogP contribution is -2.79. The maximum Gasteiger partial charge on any atom is 0.245 e. The number of hydrogen-bond acceptors (Lipinski definition) is 13. The van der Waals surface area contributed by atoms with E-state index in [-0.39, 0.29) is 19.3 Å². The summed E-state index contributed by atoms with van der Waals surface area (Å²) in [6, 6.07) is -10.4. The van der Waals surface area contributed by atoms with Gasteiger partial charge in [0.1, 0.15) is 36.3 Å². The molecule has 0 aliphatic carbocycles. The zero-order chi connectivity index (χ0) is 42.8. The number of aliphatic hydroxyl groups is 2. The van der Waals surface area contributed by atoms with Crippen LogP contribution in [0.5, 0.6) is 0 Å². The van der Waals surface area contributed by atoms with Gasteiger partial charge in [-0.25, -0.2) is 0 Å². The average Bonchev–Trinajstić information content (AvgIpc) is 3.14. The molecule has 0 radical (unpaired) electrons. The number of amides is 7. The van der Waals surface area contributed by atoms with E-state index >= 15 is 0 Å². The zero-order valence-corrected chi connectivity index (χ0v) is 32.3. The summed E-state index contributed by atoms with van der Waals surface area (Å²) in [4.78, 5) is 113. The molecule has 0 saturated heterocycles. The van der Waals surface area contributed by atoms with E-state index in [2.05, 4.69) is 48.7 Å². The van der Waals surface area contributed by atoms with Crippen LogP contribution in [0.15, 0.2) is 0 Å². The van der Waals surface area contributed by atoms with Crippen molar-refractivity contribution in [1.29, 1.82) is 0 Å². The number of hydrogen-bond donors (Lipinski definition) is 12. The van der Waals surface area contributed by atoms with Crippen LogP contribution >= 0.6 is 0 Å². The van der Waals surface area contributed by atoms with Gasteiger partial charge in [0.25, 0.3) is 0 Å². The summed E-state index contributed by atoms with van der Waals surface area (Å²) in [5.74, 6) is -9.89. The van der Waals surface area contributed by atoms with E-state index in [9.17, 15) is 63.6 Å². The molecule has 0 aliphatic heterocycles. The number of quaternary nitrogens is 3. The predicted octanol–water partition coefficient (Wildman–Crippen LogP) is -10.9. The molecular formula is C33H61N10O13+. The summed E-state index contributed by atoms with van der Waals surface area (Å²) in [5, 5.41) is 60.4. The van der Waals surface area contributed by atoms with Crippen LogP contribution in [0.2, 0.25) is 0 Å². The van der Waals surface area contributed by atoms with Crippen LogP contribution in [0.4, 0.5) is 0 Å². The van der Waals surface area contributed by atoms with E-state index in [0.29, 0.717) is 51.7 Å². The summed E-state index contributed by atoms with van der Waals surface area (Å²) in [5.41, 5.74) is 7.38. The van der Waals surface area contributed by atoms with Gasteiger partial charge in [-0.15, -0.1) is 0 Å². The quantitative estimate of drug-likeness (QED) is 0.0301. The number of carboxylic acids is 2. The third-order valence-corrected chi connectivity index (χ3v) is 8.28.